The second-order valence-electron chi connectivity index (χ2n) is 6.11. The minimum atomic E-state index is -0.159. The minimum Gasteiger partial charge on any atom is -0.439 e. The van der Waals surface area contributed by atoms with Gasteiger partial charge in [0.1, 0.15) is 12.1 Å². The first-order chi connectivity index (χ1) is 13.7. The Morgan fingerprint density at radius 1 is 1.04 bits per heavy atom. The number of hydrogen-bond acceptors (Lipinski definition) is 5. The van der Waals surface area contributed by atoms with Gasteiger partial charge in [-0.05, 0) is 49.4 Å². The summed E-state index contributed by atoms with van der Waals surface area (Å²) in [7, 11) is 0. The second-order valence-corrected chi connectivity index (χ2v) is 6.11. The summed E-state index contributed by atoms with van der Waals surface area (Å²) in [5, 5.41) is 7.00. The number of ether oxygens (including phenoxy) is 1. The summed E-state index contributed by atoms with van der Waals surface area (Å²) >= 11 is 0. The Balaban J connectivity index is 1.43. The molecule has 7 heteroatoms. The Labute approximate surface area is 161 Å². The van der Waals surface area contributed by atoms with Gasteiger partial charge in [-0.1, -0.05) is 17.7 Å². The number of carbonyl (C=O) groups is 1. The first-order valence-electron chi connectivity index (χ1n) is 8.65. The van der Waals surface area contributed by atoms with Gasteiger partial charge in [0, 0.05) is 29.7 Å². The van der Waals surface area contributed by atoms with E-state index in [2.05, 4.69) is 20.4 Å². The van der Waals surface area contributed by atoms with Gasteiger partial charge in [0.25, 0.3) is 5.91 Å². The van der Waals surface area contributed by atoms with Crippen molar-refractivity contribution in [1.82, 2.24) is 19.7 Å². The Hall–Kier alpha value is -4.00. The van der Waals surface area contributed by atoms with E-state index in [1.807, 2.05) is 25.1 Å². The largest absolute Gasteiger partial charge is 0.439 e. The topological polar surface area (TPSA) is 81.9 Å². The fourth-order valence-corrected chi connectivity index (χ4v) is 2.55. The molecule has 4 rings (SSSR count). The third kappa shape index (κ3) is 4.04. The number of nitrogens with zero attached hydrogens (tertiary/aromatic N) is 4. The Bertz CT molecular complexity index is 1070. The lowest BCUT2D eigenvalue weighted by Gasteiger charge is -2.08. The normalized spacial score (nSPS) is 10.5. The first kappa shape index (κ1) is 17.4. The molecule has 0 saturated heterocycles. The van der Waals surface area contributed by atoms with Crippen molar-refractivity contribution in [2.45, 2.75) is 6.92 Å². The van der Waals surface area contributed by atoms with Crippen LogP contribution in [0.3, 0.4) is 0 Å². The number of aryl methyl sites for hydroxylation is 1. The van der Waals surface area contributed by atoms with E-state index >= 15 is 0 Å². The summed E-state index contributed by atoms with van der Waals surface area (Å²) in [5.41, 5.74) is 2.40. The third-order valence-electron chi connectivity index (χ3n) is 4.02. The first-order valence-corrected chi connectivity index (χ1v) is 8.65. The molecule has 0 fully saturated rings. The van der Waals surface area contributed by atoms with Crippen LogP contribution in [0.15, 0.2) is 79.4 Å². The summed E-state index contributed by atoms with van der Waals surface area (Å²) < 4.78 is 7.39. The van der Waals surface area contributed by atoms with E-state index in [0.29, 0.717) is 28.7 Å². The molecule has 138 valence electrons. The van der Waals surface area contributed by atoms with Gasteiger partial charge in [0.2, 0.25) is 5.88 Å². The second kappa shape index (κ2) is 7.71. The Morgan fingerprint density at radius 2 is 1.82 bits per heavy atom. The van der Waals surface area contributed by atoms with Gasteiger partial charge < -0.3 is 10.1 Å². The van der Waals surface area contributed by atoms with Gasteiger partial charge >= 0.3 is 0 Å². The Kier molecular flexibility index (Phi) is 4.79. The van der Waals surface area contributed by atoms with Crippen molar-refractivity contribution in [3.8, 4) is 17.4 Å². The van der Waals surface area contributed by atoms with E-state index in [9.17, 15) is 4.79 Å². The molecule has 0 unspecified atom stereocenters. The molecule has 2 aromatic carbocycles. The van der Waals surface area contributed by atoms with Crippen LogP contribution in [0.1, 0.15) is 15.9 Å². The smallest absolute Gasteiger partial charge is 0.255 e. The molecule has 0 spiro atoms. The highest BCUT2D eigenvalue weighted by Crippen LogP contribution is 2.22. The monoisotopic (exact) mass is 371 g/mol. The van der Waals surface area contributed by atoms with Crippen molar-refractivity contribution in [1.29, 1.82) is 0 Å². The van der Waals surface area contributed by atoms with Crippen LogP contribution in [0.5, 0.6) is 11.6 Å². The van der Waals surface area contributed by atoms with Crippen molar-refractivity contribution >= 4 is 11.6 Å². The number of amides is 1. The van der Waals surface area contributed by atoms with E-state index < -0.39 is 0 Å². The van der Waals surface area contributed by atoms with Crippen LogP contribution in [-0.2, 0) is 0 Å². The van der Waals surface area contributed by atoms with E-state index in [-0.39, 0.29) is 5.91 Å². The van der Waals surface area contributed by atoms with Crippen LogP contribution in [0.4, 0.5) is 5.69 Å². The van der Waals surface area contributed by atoms with Crippen molar-refractivity contribution < 1.29 is 9.53 Å². The summed E-state index contributed by atoms with van der Waals surface area (Å²) in [5.74, 6) is 1.45. The van der Waals surface area contributed by atoms with Crippen LogP contribution in [0.25, 0.3) is 5.82 Å². The SMILES string of the molecule is Cc1ccc(C(=O)Nc2ccc(Oc3cc(-n4cccn4)ncn3)cc2)cc1. The van der Waals surface area contributed by atoms with Gasteiger partial charge in [-0.25, -0.2) is 14.6 Å². The average molecular weight is 371 g/mol. The maximum atomic E-state index is 12.3. The van der Waals surface area contributed by atoms with Gasteiger partial charge in [0.05, 0.1) is 0 Å². The summed E-state index contributed by atoms with van der Waals surface area (Å²) in [6, 6.07) is 18.0. The lowest BCUT2D eigenvalue weighted by atomic mass is 10.1. The fourth-order valence-electron chi connectivity index (χ4n) is 2.55. The van der Waals surface area contributed by atoms with Crippen molar-refractivity contribution in [2.24, 2.45) is 0 Å². The quantitative estimate of drug-likeness (QED) is 0.573. The molecule has 0 saturated carbocycles. The molecule has 2 aromatic heterocycles. The molecule has 0 aliphatic heterocycles. The Morgan fingerprint density at radius 3 is 2.54 bits per heavy atom. The number of rotatable bonds is 5. The van der Waals surface area contributed by atoms with Crippen LogP contribution in [0, 0.1) is 6.92 Å². The van der Waals surface area contributed by atoms with E-state index in [1.165, 1.54) is 6.33 Å². The lowest BCUT2D eigenvalue weighted by molar-refractivity contribution is 0.102. The molecule has 0 radical (unpaired) electrons. The molecular weight excluding hydrogens is 354 g/mol. The molecule has 28 heavy (non-hydrogen) atoms. The van der Waals surface area contributed by atoms with Crippen molar-refractivity contribution in [2.75, 3.05) is 5.32 Å². The third-order valence-corrected chi connectivity index (χ3v) is 4.02. The molecular formula is C21H17N5O2. The predicted molar refractivity (Wildman–Crippen MR) is 105 cm³/mol. The van der Waals surface area contributed by atoms with Gasteiger partial charge in [-0.3, -0.25) is 4.79 Å². The lowest BCUT2D eigenvalue weighted by Crippen LogP contribution is -2.11. The van der Waals surface area contributed by atoms with Crippen molar-refractivity contribution in [3.63, 3.8) is 0 Å². The molecule has 0 aliphatic carbocycles. The van der Waals surface area contributed by atoms with Gasteiger partial charge in [-0.2, -0.15) is 5.10 Å². The zero-order chi connectivity index (χ0) is 19.3. The zero-order valence-electron chi connectivity index (χ0n) is 15.1. The molecule has 1 N–H and O–H groups in total. The van der Waals surface area contributed by atoms with Crippen LogP contribution >= 0.6 is 0 Å². The highest BCUT2D eigenvalue weighted by atomic mass is 16.5. The molecule has 0 bridgehead atoms. The number of nitrogens with one attached hydrogen (secondary N) is 1. The molecule has 0 aliphatic rings. The number of carbonyl (C=O) groups excluding carboxylic acids is 1. The molecule has 1 amide bonds. The number of benzene rings is 2. The summed E-state index contributed by atoms with van der Waals surface area (Å²) in [6.45, 7) is 1.98. The molecule has 2 heterocycles. The number of aromatic nitrogens is 4. The highest BCUT2D eigenvalue weighted by molar-refractivity contribution is 6.04. The number of anilines is 1. The molecule has 7 nitrogen and oxygen atoms in total. The van der Waals surface area contributed by atoms with Crippen molar-refractivity contribution in [3.05, 3.63) is 90.5 Å². The zero-order valence-corrected chi connectivity index (χ0v) is 15.1. The summed E-state index contributed by atoms with van der Waals surface area (Å²) in [4.78, 5) is 20.6. The fraction of sp³-hybridized carbons (Fsp3) is 0.0476. The van der Waals surface area contributed by atoms with Crippen LogP contribution in [-0.4, -0.2) is 25.7 Å². The number of hydrogen-bond donors (Lipinski definition) is 1. The van der Waals surface area contributed by atoms with E-state index in [0.717, 1.165) is 5.56 Å². The summed E-state index contributed by atoms with van der Waals surface area (Å²) in [6.07, 6.45) is 4.88. The van der Waals surface area contributed by atoms with Gasteiger partial charge in [0.15, 0.2) is 5.82 Å². The maximum absolute atomic E-state index is 12.3. The highest BCUT2D eigenvalue weighted by Gasteiger charge is 2.07. The average Bonchev–Trinajstić information content (AvgIpc) is 3.25. The minimum absolute atomic E-state index is 0.159. The van der Waals surface area contributed by atoms with Crippen LogP contribution < -0.4 is 10.1 Å². The standard InChI is InChI=1S/C21H17N5O2/c1-15-3-5-16(6-4-15)21(27)25-17-7-9-18(10-8-17)28-20-13-19(22-14-23-20)26-12-2-11-24-26/h2-14H,1H3,(H,25,27). The van der Waals surface area contributed by atoms with E-state index in [4.69, 9.17) is 4.74 Å². The van der Waals surface area contributed by atoms with Gasteiger partial charge in [-0.15, -0.1) is 0 Å². The maximum Gasteiger partial charge on any atom is 0.255 e. The molecule has 0 atom stereocenters. The molecule has 4 aromatic rings. The van der Waals surface area contributed by atoms with Crippen LogP contribution in [0.2, 0.25) is 0 Å². The predicted octanol–water partition coefficient (Wildman–Crippen LogP) is 4.02. The van der Waals surface area contributed by atoms with E-state index in [1.54, 1.807) is 59.5 Å².